The molecule has 0 fully saturated rings. The van der Waals surface area contributed by atoms with Crippen molar-refractivity contribution < 1.29 is 13.6 Å². The number of amides is 1. The number of aryl methyl sites for hydroxylation is 1. The quantitative estimate of drug-likeness (QED) is 0.743. The summed E-state index contributed by atoms with van der Waals surface area (Å²) in [5, 5.41) is 13.5. The third-order valence-electron chi connectivity index (χ3n) is 3.79. The van der Waals surface area contributed by atoms with Crippen LogP contribution in [0.5, 0.6) is 0 Å². The number of rotatable bonds is 5. The molecule has 3 aromatic heterocycles. The van der Waals surface area contributed by atoms with Crippen molar-refractivity contribution in [2.45, 2.75) is 19.8 Å². The van der Waals surface area contributed by atoms with Crippen LogP contribution in [0.15, 0.2) is 30.6 Å². The van der Waals surface area contributed by atoms with Gasteiger partial charge >= 0.3 is 0 Å². The normalized spacial score (nSPS) is 11.1. The fourth-order valence-corrected chi connectivity index (χ4v) is 2.54. The monoisotopic (exact) mass is 346 g/mol. The molecule has 0 bridgehead atoms. The van der Waals surface area contributed by atoms with Gasteiger partial charge in [-0.3, -0.25) is 19.6 Å². The van der Waals surface area contributed by atoms with E-state index in [9.17, 15) is 13.6 Å². The van der Waals surface area contributed by atoms with Crippen LogP contribution in [0.25, 0.3) is 11.3 Å². The first kappa shape index (κ1) is 16.7. The molecule has 130 valence electrons. The third-order valence-corrected chi connectivity index (χ3v) is 3.79. The standard InChI is InChI=1S/C16H16F2N6O/c1-3-10-13(9-4-6-19-7-5-9)21-22-15(10)20-16(25)11-8-12(14(17)18)24(2)23-11/h4-8,14H,3H2,1-2H3,(H2,20,21,22,25). The van der Waals surface area contributed by atoms with E-state index in [4.69, 9.17) is 0 Å². The summed E-state index contributed by atoms with van der Waals surface area (Å²) in [5.41, 5.74) is 2.06. The molecule has 0 radical (unpaired) electrons. The molecular formula is C16H16F2N6O. The van der Waals surface area contributed by atoms with E-state index in [2.05, 4.69) is 25.6 Å². The zero-order valence-electron chi connectivity index (χ0n) is 13.6. The second kappa shape index (κ2) is 6.80. The molecule has 25 heavy (non-hydrogen) atoms. The van der Waals surface area contributed by atoms with Gasteiger partial charge in [0.15, 0.2) is 11.5 Å². The van der Waals surface area contributed by atoms with Crippen LogP contribution >= 0.6 is 0 Å². The number of hydrogen-bond donors (Lipinski definition) is 2. The Morgan fingerprint density at radius 2 is 2.08 bits per heavy atom. The summed E-state index contributed by atoms with van der Waals surface area (Å²) in [6.45, 7) is 1.93. The predicted octanol–water partition coefficient (Wildman–Crippen LogP) is 2.96. The van der Waals surface area contributed by atoms with Crippen molar-refractivity contribution in [1.29, 1.82) is 0 Å². The van der Waals surface area contributed by atoms with E-state index in [-0.39, 0.29) is 11.4 Å². The van der Waals surface area contributed by atoms with Gasteiger partial charge in [-0.2, -0.15) is 10.2 Å². The van der Waals surface area contributed by atoms with Crippen molar-refractivity contribution in [3.05, 3.63) is 47.5 Å². The highest BCUT2D eigenvalue weighted by Crippen LogP contribution is 2.27. The maximum atomic E-state index is 12.8. The van der Waals surface area contributed by atoms with Crippen LogP contribution in [0.4, 0.5) is 14.6 Å². The van der Waals surface area contributed by atoms with Crippen molar-refractivity contribution in [2.24, 2.45) is 7.05 Å². The van der Waals surface area contributed by atoms with Crippen LogP contribution in [0.2, 0.25) is 0 Å². The summed E-state index contributed by atoms with van der Waals surface area (Å²) in [5.74, 6) is -0.242. The Morgan fingerprint density at radius 1 is 1.36 bits per heavy atom. The van der Waals surface area contributed by atoms with Gasteiger partial charge in [0.05, 0.1) is 5.69 Å². The summed E-state index contributed by atoms with van der Waals surface area (Å²) in [6, 6.07) is 4.72. The molecule has 0 atom stereocenters. The summed E-state index contributed by atoms with van der Waals surface area (Å²) in [4.78, 5) is 16.3. The van der Waals surface area contributed by atoms with E-state index in [0.29, 0.717) is 12.2 Å². The zero-order valence-corrected chi connectivity index (χ0v) is 13.6. The Labute approximate surface area is 142 Å². The number of pyridine rings is 1. The molecule has 0 aliphatic heterocycles. The number of alkyl halides is 2. The van der Waals surface area contributed by atoms with Crippen molar-refractivity contribution >= 4 is 11.7 Å². The van der Waals surface area contributed by atoms with Crippen LogP contribution in [0, 0.1) is 0 Å². The molecule has 0 aliphatic carbocycles. The molecule has 9 heteroatoms. The van der Waals surface area contributed by atoms with E-state index in [0.717, 1.165) is 27.6 Å². The number of nitrogens with one attached hydrogen (secondary N) is 2. The topological polar surface area (TPSA) is 88.5 Å². The molecule has 2 N–H and O–H groups in total. The number of carbonyl (C=O) groups excluding carboxylic acids is 1. The summed E-state index contributed by atoms with van der Waals surface area (Å²) in [6.07, 6.45) is 1.24. The van der Waals surface area contributed by atoms with Gasteiger partial charge in [0.25, 0.3) is 12.3 Å². The highest BCUT2D eigenvalue weighted by molar-refractivity contribution is 6.03. The fourth-order valence-electron chi connectivity index (χ4n) is 2.54. The average molecular weight is 346 g/mol. The SMILES string of the molecule is CCc1c(NC(=O)c2cc(C(F)F)n(C)n2)n[nH]c1-c1ccncc1. The minimum Gasteiger partial charge on any atom is -0.303 e. The minimum absolute atomic E-state index is 0.0895. The lowest BCUT2D eigenvalue weighted by atomic mass is 10.1. The van der Waals surface area contributed by atoms with Crippen molar-refractivity contribution in [2.75, 3.05) is 5.32 Å². The fraction of sp³-hybridized carbons (Fsp3) is 0.250. The average Bonchev–Trinajstić information content (AvgIpc) is 3.19. The second-order valence-corrected chi connectivity index (χ2v) is 5.35. The summed E-state index contributed by atoms with van der Waals surface area (Å²) in [7, 11) is 1.37. The van der Waals surface area contributed by atoms with Gasteiger partial charge in [-0.15, -0.1) is 0 Å². The second-order valence-electron chi connectivity index (χ2n) is 5.35. The van der Waals surface area contributed by atoms with E-state index in [1.54, 1.807) is 12.4 Å². The largest absolute Gasteiger partial charge is 0.303 e. The molecule has 0 saturated heterocycles. The number of nitrogens with zero attached hydrogens (tertiary/aromatic N) is 4. The molecule has 0 aliphatic rings. The maximum absolute atomic E-state index is 12.8. The first-order chi connectivity index (χ1) is 12.0. The Kier molecular flexibility index (Phi) is 4.55. The van der Waals surface area contributed by atoms with Gasteiger partial charge in [-0.05, 0) is 24.6 Å². The van der Waals surface area contributed by atoms with Crippen molar-refractivity contribution in [1.82, 2.24) is 25.0 Å². The molecule has 0 saturated carbocycles. The summed E-state index contributed by atoms with van der Waals surface area (Å²) >= 11 is 0. The smallest absolute Gasteiger partial charge is 0.280 e. The van der Waals surface area contributed by atoms with Gasteiger partial charge < -0.3 is 5.32 Å². The van der Waals surface area contributed by atoms with Crippen LogP contribution in [0.1, 0.15) is 35.1 Å². The van der Waals surface area contributed by atoms with E-state index >= 15 is 0 Å². The predicted molar refractivity (Wildman–Crippen MR) is 87.3 cm³/mol. The molecule has 1 amide bonds. The number of anilines is 1. The number of aromatic amines is 1. The Morgan fingerprint density at radius 3 is 2.68 bits per heavy atom. The molecule has 7 nitrogen and oxygen atoms in total. The highest BCUT2D eigenvalue weighted by atomic mass is 19.3. The van der Waals surface area contributed by atoms with Crippen molar-refractivity contribution in [3.8, 4) is 11.3 Å². The van der Waals surface area contributed by atoms with Crippen LogP contribution in [-0.2, 0) is 13.5 Å². The number of H-pyrrole nitrogens is 1. The van der Waals surface area contributed by atoms with Gasteiger partial charge in [-0.1, -0.05) is 6.92 Å². The minimum atomic E-state index is -2.70. The third kappa shape index (κ3) is 3.25. The Bertz CT molecular complexity index is 887. The molecule has 3 heterocycles. The molecular weight excluding hydrogens is 330 g/mol. The molecule has 3 rings (SSSR count). The van der Waals surface area contributed by atoms with E-state index in [1.807, 2.05) is 19.1 Å². The maximum Gasteiger partial charge on any atom is 0.280 e. The lowest BCUT2D eigenvalue weighted by molar-refractivity contribution is 0.102. The number of halogens is 2. The van der Waals surface area contributed by atoms with Crippen molar-refractivity contribution in [3.63, 3.8) is 0 Å². The first-order valence-corrected chi connectivity index (χ1v) is 7.62. The van der Waals surface area contributed by atoms with Crippen LogP contribution in [-0.4, -0.2) is 30.9 Å². The molecule has 0 aromatic carbocycles. The Balaban J connectivity index is 1.87. The molecule has 0 spiro atoms. The number of hydrogen-bond acceptors (Lipinski definition) is 4. The van der Waals surface area contributed by atoms with E-state index in [1.165, 1.54) is 7.05 Å². The first-order valence-electron chi connectivity index (χ1n) is 7.62. The summed E-state index contributed by atoms with van der Waals surface area (Å²) < 4.78 is 26.6. The lowest BCUT2D eigenvalue weighted by Crippen LogP contribution is -2.14. The highest BCUT2D eigenvalue weighted by Gasteiger charge is 2.21. The number of aromatic nitrogens is 5. The van der Waals surface area contributed by atoms with Gasteiger partial charge in [0, 0.05) is 30.6 Å². The number of carbonyl (C=O) groups is 1. The van der Waals surface area contributed by atoms with Crippen LogP contribution in [0.3, 0.4) is 0 Å². The van der Waals surface area contributed by atoms with E-state index < -0.39 is 12.3 Å². The van der Waals surface area contributed by atoms with Gasteiger partial charge in [0.2, 0.25) is 0 Å². The Hall–Kier alpha value is -3.10. The molecule has 0 unspecified atom stereocenters. The van der Waals surface area contributed by atoms with Crippen LogP contribution < -0.4 is 5.32 Å². The van der Waals surface area contributed by atoms with Gasteiger partial charge in [-0.25, -0.2) is 8.78 Å². The zero-order chi connectivity index (χ0) is 18.0. The molecule has 3 aromatic rings. The lowest BCUT2D eigenvalue weighted by Gasteiger charge is -2.04. The van der Waals surface area contributed by atoms with Gasteiger partial charge in [0.1, 0.15) is 5.69 Å².